The molecule has 1 aliphatic heterocycles. The van der Waals surface area contributed by atoms with Crippen molar-refractivity contribution in [2.75, 3.05) is 31.2 Å². The topological polar surface area (TPSA) is 95.0 Å². The molecule has 1 amide bonds. The van der Waals surface area contributed by atoms with Gasteiger partial charge in [0.05, 0.1) is 18.9 Å². The number of benzene rings is 2. The summed E-state index contributed by atoms with van der Waals surface area (Å²) in [5, 5.41) is 2.91. The minimum Gasteiger partial charge on any atom is -0.490 e. The number of hydrogen-bond acceptors (Lipinski definition) is 8. The van der Waals surface area contributed by atoms with Crippen molar-refractivity contribution in [2.45, 2.75) is 77.2 Å². The first-order chi connectivity index (χ1) is 20.0. The monoisotopic (exact) mass is 574 g/mol. The van der Waals surface area contributed by atoms with Crippen LogP contribution in [0.1, 0.15) is 64.3 Å². The summed E-state index contributed by atoms with van der Waals surface area (Å²) >= 11 is 0. The summed E-state index contributed by atoms with van der Waals surface area (Å²) in [5.41, 5.74) is 2.53. The van der Waals surface area contributed by atoms with Crippen molar-refractivity contribution in [1.82, 2.24) is 15.3 Å². The zero-order chi connectivity index (χ0) is 29.7. The van der Waals surface area contributed by atoms with Gasteiger partial charge < -0.3 is 29.2 Å². The van der Waals surface area contributed by atoms with E-state index in [1.807, 2.05) is 51.1 Å². The molecule has 0 unspecified atom stereocenters. The van der Waals surface area contributed by atoms with Gasteiger partial charge in [0.2, 0.25) is 5.95 Å². The molecule has 0 radical (unpaired) electrons. The van der Waals surface area contributed by atoms with Crippen molar-refractivity contribution in [3.05, 3.63) is 77.6 Å². The zero-order valence-electron chi connectivity index (χ0n) is 25.3. The molecule has 2 heterocycles. The van der Waals surface area contributed by atoms with Crippen LogP contribution in [0.15, 0.2) is 60.8 Å². The van der Waals surface area contributed by atoms with Gasteiger partial charge in [0.25, 0.3) is 0 Å². The van der Waals surface area contributed by atoms with E-state index in [0.717, 1.165) is 49.1 Å². The minimum atomic E-state index is -0.499. The molecule has 2 aliphatic rings. The van der Waals surface area contributed by atoms with Gasteiger partial charge in [-0.2, -0.15) is 0 Å². The number of amides is 1. The van der Waals surface area contributed by atoms with Crippen LogP contribution in [-0.2, 0) is 21.5 Å². The molecule has 9 heteroatoms. The van der Waals surface area contributed by atoms with Crippen LogP contribution in [0.4, 0.5) is 10.7 Å². The average molecular weight is 575 g/mol. The Morgan fingerprint density at radius 3 is 2.17 bits per heavy atom. The van der Waals surface area contributed by atoms with Gasteiger partial charge in [-0.05, 0) is 62.2 Å². The molecule has 1 saturated heterocycles. The van der Waals surface area contributed by atoms with Gasteiger partial charge in [-0.15, -0.1) is 0 Å². The number of rotatable bonds is 9. The summed E-state index contributed by atoms with van der Waals surface area (Å²) in [6.45, 7) is 13.4. The van der Waals surface area contributed by atoms with Crippen LogP contribution in [0, 0.1) is 0 Å². The van der Waals surface area contributed by atoms with Crippen LogP contribution in [-0.4, -0.2) is 60.1 Å². The lowest BCUT2D eigenvalue weighted by atomic mass is 9.78. The quantitative estimate of drug-likeness (QED) is 0.350. The predicted octanol–water partition coefficient (Wildman–Crippen LogP) is 5.65. The second kappa shape index (κ2) is 12.6. The molecule has 0 bridgehead atoms. The first kappa shape index (κ1) is 29.6. The number of carbonyl (C=O) groups excluding carboxylic acids is 1. The molecule has 224 valence electrons. The third-order valence-electron chi connectivity index (χ3n) is 7.65. The number of nitrogens with zero attached hydrogens (tertiary/aromatic N) is 3. The maximum atomic E-state index is 12.0. The fourth-order valence-electron chi connectivity index (χ4n) is 5.07. The molecular formula is C33H42N4O5. The second-order valence-corrected chi connectivity index (χ2v) is 12.5. The number of aromatic nitrogens is 2. The Morgan fingerprint density at radius 2 is 1.55 bits per heavy atom. The molecular weight excluding hydrogens is 532 g/mol. The van der Waals surface area contributed by atoms with E-state index in [2.05, 4.69) is 58.3 Å². The predicted molar refractivity (Wildman–Crippen MR) is 161 cm³/mol. The molecule has 3 aromatic rings. The van der Waals surface area contributed by atoms with E-state index in [4.69, 9.17) is 18.9 Å². The third-order valence-corrected chi connectivity index (χ3v) is 7.65. The third kappa shape index (κ3) is 7.70. The van der Waals surface area contributed by atoms with Gasteiger partial charge in [-0.1, -0.05) is 38.1 Å². The molecule has 0 spiro atoms. The Balaban J connectivity index is 1.11. The standard InChI is InChI=1S/C33H42N4O5/c1-32(2,3)42-31(38)36-26-20-29(21-26)41-28-12-8-24(9-13-28)33(4,5)23-6-10-27(11-7-23)40-22-25-14-15-34-30(35-25)37-16-18-39-19-17-37/h6-15,26,29H,16-22H2,1-5H3,(H,36,38)/t26-,29-. The summed E-state index contributed by atoms with van der Waals surface area (Å²) in [6, 6.07) is 18.5. The Morgan fingerprint density at radius 1 is 0.929 bits per heavy atom. The molecule has 9 nitrogen and oxygen atoms in total. The molecule has 42 heavy (non-hydrogen) atoms. The number of hydrogen-bond donors (Lipinski definition) is 1. The van der Waals surface area contributed by atoms with Crippen molar-refractivity contribution in [3.8, 4) is 11.5 Å². The van der Waals surface area contributed by atoms with E-state index in [1.165, 1.54) is 11.1 Å². The Bertz CT molecular complexity index is 1330. The smallest absolute Gasteiger partial charge is 0.407 e. The highest BCUT2D eigenvalue weighted by Gasteiger charge is 2.33. The molecule has 1 N–H and O–H groups in total. The molecule has 1 saturated carbocycles. The Hall–Kier alpha value is -3.85. The molecule has 2 aromatic carbocycles. The number of carbonyl (C=O) groups is 1. The molecule has 2 fully saturated rings. The van der Waals surface area contributed by atoms with Crippen LogP contribution >= 0.6 is 0 Å². The van der Waals surface area contributed by atoms with Crippen LogP contribution in [0.2, 0.25) is 0 Å². The summed E-state index contributed by atoms with van der Waals surface area (Å²) in [4.78, 5) is 23.2. The number of morpholine rings is 1. The summed E-state index contributed by atoms with van der Waals surface area (Å²) in [5.74, 6) is 2.35. The Labute approximate surface area is 248 Å². The first-order valence-corrected chi connectivity index (χ1v) is 14.7. The van der Waals surface area contributed by atoms with Gasteiger partial charge in [0.1, 0.15) is 29.8 Å². The minimum absolute atomic E-state index is 0.0866. The highest BCUT2D eigenvalue weighted by molar-refractivity contribution is 5.68. The van der Waals surface area contributed by atoms with Crippen LogP contribution in [0.3, 0.4) is 0 Å². The van der Waals surface area contributed by atoms with Crippen LogP contribution < -0.4 is 19.7 Å². The number of anilines is 1. The number of ether oxygens (including phenoxy) is 4. The van der Waals surface area contributed by atoms with Crippen molar-refractivity contribution in [2.24, 2.45) is 0 Å². The van der Waals surface area contributed by atoms with E-state index in [0.29, 0.717) is 19.8 Å². The number of alkyl carbamates (subject to hydrolysis) is 1. The maximum Gasteiger partial charge on any atom is 0.407 e. The second-order valence-electron chi connectivity index (χ2n) is 12.5. The molecule has 0 atom stereocenters. The highest BCUT2D eigenvalue weighted by Crippen LogP contribution is 2.34. The highest BCUT2D eigenvalue weighted by atomic mass is 16.6. The summed E-state index contributed by atoms with van der Waals surface area (Å²) in [7, 11) is 0. The summed E-state index contributed by atoms with van der Waals surface area (Å²) in [6.07, 6.45) is 3.04. The van der Waals surface area contributed by atoms with E-state index in [-0.39, 0.29) is 23.7 Å². The normalized spacial score (nSPS) is 19.0. The molecule has 5 rings (SSSR count). The van der Waals surface area contributed by atoms with E-state index < -0.39 is 5.60 Å². The molecule has 1 aliphatic carbocycles. The maximum absolute atomic E-state index is 12.0. The van der Waals surface area contributed by atoms with Gasteiger partial charge >= 0.3 is 6.09 Å². The lowest BCUT2D eigenvalue weighted by Crippen LogP contribution is -2.50. The van der Waals surface area contributed by atoms with Gasteiger partial charge in [0.15, 0.2) is 0 Å². The lowest BCUT2D eigenvalue weighted by Gasteiger charge is -2.36. The lowest BCUT2D eigenvalue weighted by molar-refractivity contribution is 0.0363. The number of nitrogens with one attached hydrogen (secondary N) is 1. The fraction of sp³-hybridized carbons (Fsp3) is 0.485. The fourth-order valence-corrected chi connectivity index (χ4v) is 5.07. The van der Waals surface area contributed by atoms with E-state index >= 15 is 0 Å². The average Bonchev–Trinajstić information content (AvgIpc) is 2.95. The van der Waals surface area contributed by atoms with Gasteiger partial charge in [0, 0.05) is 43.6 Å². The first-order valence-electron chi connectivity index (χ1n) is 14.7. The SMILES string of the molecule is CC(C)(C)OC(=O)N[C@H]1C[C@H](Oc2ccc(C(C)(C)c3ccc(OCc4ccnc(N5CCOCC5)n4)cc3)cc2)C1. The summed E-state index contributed by atoms with van der Waals surface area (Å²) < 4.78 is 22.9. The van der Waals surface area contributed by atoms with Crippen molar-refractivity contribution >= 4 is 12.0 Å². The zero-order valence-corrected chi connectivity index (χ0v) is 25.3. The van der Waals surface area contributed by atoms with Crippen LogP contribution in [0.25, 0.3) is 0 Å². The van der Waals surface area contributed by atoms with Crippen molar-refractivity contribution < 1.29 is 23.7 Å². The van der Waals surface area contributed by atoms with Crippen molar-refractivity contribution in [3.63, 3.8) is 0 Å². The van der Waals surface area contributed by atoms with Gasteiger partial charge in [-0.3, -0.25) is 0 Å². The molecule has 1 aromatic heterocycles. The van der Waals surface area contributed by atoms with E-state index in [9.17, 15) is 4.79 Å². The Kier molecular flexibility index (Phi) is 8.87. The van der Waals surface area contributed by atoms with Gasteiger partial charge in [-0.25, -0.2) is 14.8 Å². The van der Waals surface area contributed by atoms with Crippen molar-refractivity contribution in [1.29, 1.82) is 0 Å². The van der Waals surface area contributed by atoms with Crippen LogP contribution in [0.5, 0.6) is 11.5 Å². The van der Waals surface area contributed by atoms with E-state index in [1.54, 1.807) is 6.20 Å². The largest absolute Gasteiger partial charge is 0.490 e.